The molecule has 5 nitrogen and oxygen atoms in total. The Morgan fingerprint density at radius 2 is 2.05 bits per heavy atom. The van der Waals surface area contributed by atoms with Crippen molar-refractivity contribution in [2.75, 3.05) is 19.7 Å². The first-order chi connectivity index (χ1) is 10.1. The molecule has 0 aromatic carbocycles. The normalized spacial score (nSPS) is 12.0. The fourth-order valence-electron chi connectivity index (χ4n) is 2.06. The van der Waals surface area contributed by atoms with Crippen LogP contribution in [0, 0.1) is 12.8 Å². The number of nitrogens with one attached hydrogen (secondary N) is 2. The zero-order chi connectivity index (χ0) is 15.7. The van der Waals surface area contributed by atoms with Crippen LogP contribution in [0.15, 0.2) is 12.1 Å². The van der Waals surface area contributed by atoms with Gasteiger partial charge in [-0.05, 0) is 37.8 Å². The van der Waals surface area contributed by atoms with Crippen LogP contribution in [0.2, 0.25) is 0 Å². The number of carbonyl (C=O) groups is 2. The van der Waals surface area contributed by atoms with Gasteiger partial charge in [-0.25, -0.2) is 0 Å². The molecule has 118 valence electrons. The lowest BCUT2D eigenvalue weighted by atomic mass is 10.0. The van der Waals surface area contributed by atoms with Crippen molar-refractivity contribution in [2.24, 2.45) is 5.92 Å². The van der Waals surface area contributed by atoms with E-state index in [2.05, 4.69) is 17.6 Å². The lowest BCUT2D eigenvalue weighted by Gasteiger charge is -2.15. The summed E-state index contributed by atoms with van der Waals surface area (Å²) >= 11 is 1.41. The molecule has 1 unspecified atom stereocenters. The van der Waals surface area contributed by atoms with Crippen molar-refractivity contribution in [3.8, 4) is 0 Å². The molecule has 1 rings (SSSR count). The van der Waals surface area contributed by atoms with Crippen LogP contribution in [0.1, 0.15) is 40.7 Å². The molecule has 0 spiro atoms. The molecular formula is C15H24N2O3S. The Morgan fingerprint density at radius 1 is 1.29 bits per heavy atom. The van der Waals surface area contributed by atoms with Crippen molar-refractivity contribution < 1.29 is 14.7 Å². The summed E-state index contributed by atoms with van der Waals surface area (Å²) in [7, 11) is 0. The average Bonchev–Trinajstić information content (AvgIpc) is 2.89. The Morgan fingerprint density at radius 3 is 2.62 bits per heavy atom. The second-order valence-electron chi connectivity index (χ2n) is 5.06. The van der Waals surface area contributed by atoms with E-state index in [1.54, 1.807) is 6.07 Å². The van der Waals surface area contributed by atoms with Crippen LogP contribution in [0.4, 0.5) is 0 Å². The number of thiophene rings is 1. The molecule has 0 aliphatic heterocycles. The first-order valence-corrected chi connectivity index (χ1v) is 8.10. The highest BCUT2D eigenvalue weighted by Crippen LogP contribution is 2.14. The Hall–Kier alpha value is -1.40. The Balaban J connectivity index is 2.28. The van der Waals surface area contributed by atoms with E-state index >= 15 is 0 Å². The maximum absolute atomic E-state index is 11.8. The van der Waals surface area contributed by atoms with Crippen LogP contribution in [-0.4, -0.2) is 36.6 Å². The van der Waals surface area contributed by atoms with Crippen molar-refractivity contribution in [3.05, 3.63) is 21.9 Å². The number of hydrogen-bond donors (Lipinski definition) is 3. The van der Waals surface area contributed by atoms with E-state index in [1.165, 1.54) is 11.3 Å². The molecule has 6 heteroatoms. The van der Waals surface area contributed by atoms with Gasteiger partial charge in [-0.1, -0.05) is 13.3 Å². The number of aliphatic hydroxyl groups excluding tert-OH is 1. The quantitative estimate of drug-likeness (QED) is 0.649. The maximum Gasteiger partial charge on any atom is 0.261 e. The second-order valence-corrected chi connectivity index (χ2v) is 6.35. The van der Waals surface area contributed by atoms with Crippen LogP contribution in [-0.2, 0) is 4.79 Å². The molecule has 0 aliphatic carbocycles. The monoisotopic (exact) mass is 312 g/mol. The largest absolute Gasteiger partial charge is 0.396 e. The van der Waals surface area contributed by atoms with Crippen molar-refractivity contribution in [2.45, 2.75) is 33.1 Å². The summed E-state index contributed by atoms with van der Waals surface area (Å²) < 4.78 is 0. The second kappa shape index (κ2) is 9.52. The molecule has 0 saturated heterocycles. The molecule has 0 aliphatic rings. The third-order valence-electron chi connectivity index (χ3n) is 3.20. The molecule has 0 fully saturated rings. The van der Waals surface area contributed by atoms with E-state index in [-0.39, 0.29) is 25.0 Å². The van der Waals surface area contributed by atoms with Crippen LogP contribution in [0.3, 0.4) is 0 Å². The molecule has 3 N–H and O–H groups in total. The molecule has 21 heavy (non-hydrogen) atoms. The van der Waals surface area contributed by atoms with Gasteiger partial charge >= 0.3 is 0 Å². The fourth-order valence-corrected chi connectivity index (χ4v) is 2.85. The smallest absolute Gasteiger partial charge is 0.261 e. The van der Waals surface area contributed by atoms with Gasteiger partial charge < -0.3 is 15.7 Å². The first-order valence-electron chi connectivity index (χ1n) is 7.29. The summed E-state index contributed by atoms with van der Waals surface area (Å²) in [6.45, 7) is 4.67. The van der Waals surface area contributed by atoms with Gasteiger partial charge in [0.25, 0.3) is 5.91 Å². The minimum atomic E-state index is -0.219. The predicted octanol–water partition coefficient (Wildman–Crippen LogP) is 1.70. The zero-order valence-electron chi connectivity index (χ0n) is 12.6. The van der Waals surface area contributed by atoms with Crippen molar-refractivity contribution in [1.82, 2.24) is 10.6 Å². The van der Waals surface area contributed by atoms with E-state index in [0.717, 1.165) is 17.7 Å². The topological polar surface area (TPSA) is 78.4 Å². The van der Waals surface area contributed by atoms with Crippen molar-refractivity contribution >= 4 is 23.2 Å². The highest BCUT2D eigenvalue weighted by molar-refractivity contribution is 7.13. The van der Waals surface area contributed by atoms with Gasteiger partial charge in [-0.3, -0.25) is 9.59 Å². The number of hydrogen-bond acceptors (Lipinski definition) is 4. The van der Waals surface area contributed by atoms with Gasteiger partial charge in [0.05, 0.1) is 11.4 Å². The van der Waals surface area contributed by atoms with Gasteiger partial charge in [-0.15, -0.1) is 11.3 Å². The van der Waals surface area contributed by atoms with Gasteiger partial charge in [-0.2, -0.15) is 0 Å². The Labute approximate surface area is 129 Å². The summed E-state index contributed by atoms with van der Waals surface area (Å²) in [5.41, 5.74) is 0. The van der Waals surface area contributed by atoms with E-state index < -0.39 is 0 Å². The molecule has 1 heterocycles. The molecule has 0 saturated carbocycles. The summed E-state index contributed by atoms with van der Waals surface area (Å²) in [6, 6.07) is 3.63. The van der Waals surface area contributed by atoms with Crippen LogP contribution < -0.4 is 10.6 Å². The van der Waals surface area contributed by atoms with Gasteiger partial charge in [0.15, 0.2) is 0 Å². The third kappa shape index (κ3) is 6.73. The Kier molecular flexibility index (Phi) is 8.00. The van der Waals surface area contributed by atoms with Crippen LogP contribution in [0.25, 0.3) is 0 Å². The highest BCUT2D eigenvalue weighted by atomic mass is 32.1. The van der Waals surface area contributed by atoms with Gasteiger partial charge in [0.1, 0.15) is 0 Å². The summed E-state index contributed by atoms with van der Waals surface area (Å²) in [5.74, 6) is -0.126. The Bertz CT molecular complexity index is 454. The third-order valence-corrected chi connectivity index (χ3v) is 4.20. The number of aliphatic hydroxyl groups is 1. The van der Waals surface area contributed by atoms with Crippen molar-refractivity contribution in [3.63, 3.8) is 0 Å². The number of amides is 2. The predicted molar refractivity (Wildman–Crippen MR) is 84.5 cm³/mol. The fraction of sp³-hybridized carbons (Fsp3) is 0.600. The van der Waals surface area contributed by atoms with Crippen LogP contribution in [0.5, 0.6) is 0 Å². The molecule has 0 radical (unpaired) electrons. The minimum absolute atomic E-state index is 0.0201. The standard InChI is InChI=1S/C15H24N2O3S/c1-3-4-12(7-8-18)9-16-14(19)10-17-15(20)13-6-5-11(2)21-13/h5-6,12,18H,3-4,7-10H2,1-2H3,(H,16,19)(H,17,20). The number of rotatable bonds is 9. The maximum atomic E-state index is 11.8. The van der Waals surface area contributed by atoms with E-state index in [9.17, 15) is 9.59 Å². The average molecular weight is 312 g/mol. The minimum Gasteiger partial charge on any atom is -0.396 e. The SMILES string of the molecule is CCCC(CCO)CNC(=O)CNC(=O)c1ccc(C)s1. The molecule has 2 amide bonds. The van der Waals surface area contributed by atoms with Crippen LogP contribution >= 0.6 is 11.3 Å². The van der Waals surface area contributed by atoms with Gasteiger partial charge in [0.2, 0.25) is 5.91 Å². The van der Waals surface area contributed by atoms with E-state index in [0.29, 0.717) is 23.8 Å². The lowest BCUT2D eigenvalue weighted by Crippen LogP contribution is -2.38. The summed E-state index contributed by atoms with van der Waals surface area (Å²) in [6.07, 6.45) is 2.69. The summed E-state index contributed by atoms with van der Waals surface area (Å²) in [5, 5.41) is 14.4. The van der Waals surface area contributed by atoms with E-state index in [4.69, 9.17) is 5.11 Å². The van der Waals surface area contributed by atoms with Gasteiger partial charge in [0, 0.05) is 18.0 Å². The first kappa shape index (κ1) is 17.7. The molecule has 1 aromatic heterocycles. The molecule has 0 bridgehead atoms. The molecule has 1 aromatic rings. The number of aryl methyl sites for hydroxylation is 1. The van der Waals surface area contributed by atoms with E-state index in [1.807, 2.05) is 13.0 Å². The highest BCUT2D eigenvalue weighted by Gasteiger charge is 2.12. The zero-order valence-corrected chi connectivity index (χ0v) is 13.5. The lowest BCUT2D eigenvalue weighted by molar-refractivity contribution is -0.120. The number of carbonyl (C=O) groups excluding carboxylic acids is 2. The summed E-state index contributed by atoms with van der Waals surface area (Å²) in [4.78, 5) is 25.2. The molecule has 1 atom stereocenters. The van der Waals surface area contributed by atoms with Crippen molar-refractivity contribution in [1.29, 1.82) is 0 Å². The molecular weight excluding hydrogens is 288 g/mol.